The summed E-state index contributed by atoms with van der Waals surface area (Å²) in [5, 5.41) is 8.94. The Balaban J connectivity index is 2.36. The normalized spacial score (nSPS) is 16.7. The zero-order chi connectivity index (χ0) is 17.1. The molecule has 0 aliphatic heterocycles. The Labute approximate surface area is 140 Å². The number of aliphatic hydroxyl groups excluding tert-OH is 1. The Morgan fingerprint density at radius 1 is 0.913 bits per heavy atom. The zero-order valence-electron chi connectivity index (χ0n) is 14.9. The molecule has 132 valence electrons. The van der Waals surface area contributed by atoms with Gasteiger partial charge in [-0.1, -0.05) is 43.7 Å². The number of benzene rings is 1. The molecular formula is C19H32O4. The van der Waals surface area contributed by atoms with E-state index >= 15 is 0 Å². The van der Waals surface area contributed by atoms with Crippen LogP contribution in [-0.2, 0) is 14.2 Å². The Kier molecular flexibility index (Phi) is 10.1. The molecule has 0 aliphatic rings. The van der Waals surface area contributed by atoms with Crippen LogP contribution in [0.25, 0.3) is 0 Å². The highest BCUT2D eigenvalue weighted by Gasteiger charge is 2.16. The van der Waals surface area contributed by atoms with E-state index < -0.39 is 0 Å². The van der Waals surface area contributed by atoms with E-state index in [9.17, 15) is 0 Å². The van der Waals surface area contributed by atoms with Crippen LogP contribution in [-0.4, -0.2) is 43.2 Å². The molecule has 4 unspecified atom stereocenters. The van der Waals surface area contributed by atoms with Crippen molar-refractivity contribution in [2.45, 2.75) is 65.0 Å². The molecule has 23 heavy (non-hydrogen) atoms. The van der Waals surface area contributed by atoms with E-state index in [0.717, 1.165) is 12.8 Å². The van der Waals surface area contributed by atoms with Gasteiger partial charge in [0.15, 0.2) is 0 Å². The minimum absolute atomic E-state index is 0.0172. The number of ether oxygens (including phenoxy) is 3. The van der Waals surface area contributed by atoms with Gasteiger partial charge < -0.3 is 19.3 Å². The minimum atomic E-state index is -0.151. The van der Waals surface area contributed by atoms with E-state index in [0.29, 0.717) is 13.2 Å². The SMILES string of the molecule is CCCC(OC(C)COC(C)COC(C)CO)c1ccccc1. The zero-order valence-corrected chi connectivity index (χ0v) is 14.9. The van der Waals surface area contributed by atoms with Crippen LogP contribution < -0.4 is 0 Å². The number of aliphatic hydroxyl groups is 1. The lowest BCUT2D eigenvalue weighted by Crippen LogP contribution is -2.26. The Bertz CT molecular complexity index is 396. The predicted octanol–water partition coefficient (Wildman–Crippen LogP) is 3.74. The van der Waals surface area contributed by atoms with Crippen LogP contribution in [0.4, 0.5) is 0 Å². The molecule has 1 N–H and O–H groups in total. The maximum atomic E-state index is 8.94. The molecule has 0 aromatic heterocycles. The molecule has 0 amide bonds. The maximum Gasteiger partial charge on any atom is 0.0829 e. The summed E-state index contributed by atoms with van der Waals surface area (Å²) in [6, 6.07) is 10.3. The molecule has 0 saturated heterocycles. The van der Waals surface area contributed by atoms with E-state index in [2.05, 4.69) is 19.1 Å². The van der Waals surface area contributed by atoms with Crippen LogP contribution in [0.5, 0.6) is 0 Å². The van der Waals surface area contributed by atoms with Gasteiger partial charge in [-0.3, -0.25) is 0 Å². The van der Waals surface area contributed by atoms with E-state index in [4.69, 9.17) is 19.3 Å². The molecule has 0 saturated carbocycles. The molecule has 1 aromatic rings. The van der Waals surface area contributed by atoms with Gasteiger partial charge in [0.25, 0.3) is 0 Å². The smallest absolute Gasteiger partial charge is 0.0829 e. The first-order chi connectivity index (χ1) is 11.1. The summed E-state index contributed by atoms with van der Waals surface area (Å²) in [7, 11) is 0. The summed E-state index contributed by atoms with van der Waals surface area (Å²) < 4.78 is 17.4. The van der Waals surface area contributed by atoms with E-state index in [1.807, 2.05) is 39.0 Å². The standard InChI is InChI=1S/C19H32O4/c1-5-9-19(18-10-7-6-8-11-18)23-17(4)14-22-16(3)13-21-15(2)12-20/h6-8,10-11,15-17,19-20H,5,9,12-14H2,1-4H3. The third kappa shape index (κ3) is 8.47. The number of hydrogen-bond donors (Lipinski definition) is 1. The number of hydrogen-bond acceptors (Lipinski definition) is 4. The van der Waals surface area contributed by atoms with Crippen molar-refractivity contribution < 1.29 is 19.3 Å². The predicted molar refractivity (Wildman–Crippen MR) is 92.6 cm³/mol. The molecule has 0 fully saturated rings. The highest BCUT2D eigenvalue weighted by atomic mass is 16.6. The van der Waals surface area contributed by atoms with Gasteiger partial charge in [-0.25, -0.2) is 0 Å². The average Bonchev–Trinajstić information content (AvgIpc) is 2.58. The lowest BCUT2D eigenvalue weighted by atomic mass is 10.1. The van der Waals surface area contributed by atoms with Gasteiger partial charge in [0, 0.05) is 0 Å². The van der Waals surface area contributed by atoms with E-state index in [1.165, 1.54) is 5.56 Å². The molecular weight excluding hydrogens is 292 g/mol. The molecule has 4 nitrogen and oxygen atoms in total. The summed E-state index contributed by atoms with van der Waals surface area (Å²) in [5.41, 5.74) is 1.22. The molecule has 0 radical (unpaired) electrons. The Morgan fingerprint density at radius 3 is 2.13 bits per heavy atom. The van der Waals surface area contributed by atoms with Gasteiger partial charge >= 0.3 is 0 Å². The van der Waals surface area contributed by atoms with Gasteiger partial charge in [-0.2, -0.15) is 0 Å². The van der Waals surface area contributed by atoms with E-state index in [-0.39, 0.29) is 31.0 Å². The quantitative estimate of drug-likeness (QED) is 0.636. The van der Waals surface area contributed by atoms with Crippen LogP contribution in [0, 0.1) is 0 Å². The lowest BCUT2D eigenvalue weighted by molar-refractivity contribution is -0.0919. The van der Waals surface area contributed by atoms with E-state index in [1.54, 1.807) is 0 Å². The fourth-order valence-electron chi connectivity index (χ4n) is 2.26. The molecule has 1 rings (SSSR count). The average molecular weight is 324 g/mol. The van der Waals surface area contributed by atoms with Gasteiger partial charge in [-0.15, -0.1) is 0 Å². The van der Waals surface area contributed by atoms with Crippen LogP contribution in [0.15, 0.2) is 30.3 Å². The second kappa shape index (κ2) is 11.6. The summed E-state index contributed by atoms with van der Waals surface area (Å²) in [4.78, 5) is 0. The summed E-state index contributed by atoms with van der Waals surface area (Å²) in [5.74, 6) is 0. The lowest BCUT2D eigenvalue weighted by Gasteiger charge is -2.24. The molecule has 0 heterocycles. The second-order valence-corrected chi connectivity index (χ2v) is 6.11. The van der Waals surface area contributed by atoms with Crippen LogP contribution in [0.1, 0.15) is 52.2 Å². The summed E-state index contributed by atoms with van der Waals surface area (Å²) in [6.45, 7) is 9.06. The minimum Gasteiger partial charge on any atom is -0.394 e. The van der Waals surface area contributed by atoms with Gasteiger partial charge in [0.1, 0.15) is 0 Å². The maximum absolute atomic E-state index is 8.94. The first kappa shape index (κ1) is 20.1. The van der Waals surface area contributed by atoms with Gasteiger partial charge in [0.05, 0.1) is 44.2 Å². The fourth-order valence-corrected chi connectivity index (χ4v) is 2.26. The van der Waals surface area contributed by atoms with Gasteiger partial charge in [0.2, 0.25) is 0 Å². The molecule has 4 heteroatoms. The van der Waals surface area contributed by atoms with Crippen LogP contribution in [0.2, 0.25) is 0 Å². The van der Waals surface area contributed by atoms with Crippen molar-refractivity contribution in [3.8, 4) is 0 Å². The highest BCUT2D eigenvalue weighted by Crippen LogP contribution is 2.24. The van der Waals surface area contributed by atoms with Crippen molar-refractivity contribution in [1.82, 2.24) is 0 Å². The van der Waals surface area contributed by atoms with Crippen LogP contribution >= 0.6 is 0 Å². The first-order valence-electron chi connectivity index (χ1n) is 8.61. The van der Waals surface area contributed by atoms with Gasteiger partial charge in [-0.05, 0) is 32.8 Å². The summed E-state index contributed by atoms with van der Waals surface area (Å²) in [6.07, 6.45) is 2.04. The fraction of sp³-hybridized carbons (Fsp3) is 0.684. The Morgan fingerprint density at radius 2 is 1.52 bits per heavy atom. The number of rotatable bonds is 12. The third-order valence-corrected chi connectivity index (χ3v) is 3.61. The monoisotopic (exact) mass is 324 g/mol. The third-order valence-electron chi connectivity index (χ3n) is 3.61. The van der Waals surface area contributed by atoms with Crippen molar-refractivity contribution in [2.75, 3.05) is 19.8 Å². The second-order valence-electron chi connectivity index (χ2n) is 6.11. The molecule has 0 bridgehead atoms. The highest BCUT2D eigenvalue weighted by molar-refractivity contribution is 5.17. The molecule has 4 atom stereocenters. The largest absolute Gasteiger partial charge is 0.394 e. The van der Waals surface area contributed by atoms with Crippen LogP contribution in [0.3, 0.4) is 0 Å². The van der Waals surface area contributed by atoms with Crippen molar-refractivity contribution in [2.24, 2.45) is 0 Å². The topological polar surface area (TPSA) is 47.9 Å². The van der Waals surface area contributed by atoms with Crippen molar-refractivity contribution >= 4 is 0 Å². The van der Waals surface area contributed by atoms with Crippen molar-refractivity contribution in [1.29, 1.82) is 0 Å². The van der Waals surface area contributed by atoms with Crippen molar-refractivity contribution in [3.63, 3.8) is 0 Å². The molecule has 1 aromatic carbocycles. The Hall–Kier alpha value is -0.940. The first-order valence-corrected chi connectivity index (χ1v) is 8.61. The molecule has 0 spiro atoms. The van der Waals surface area contributed by atoms with Crippen molar-refractivity contribution in [3.05, 3.63) is 35.9 Å². The summed E-state index contributed by atoms with van der Waals surface area (Å²) >= 11 is 0. The molecule has 0 aliphatic carbocycles.